The first-order chi connectivity index (χ1) is 12.3. The minimum Gasteiger partial charge on any atom is -0.497 e. The van der Waals surface area contributed by atoms with Crippen molar-refractivity contribution in [1.82, 2.24) is 9.62 Å². The van der Waals surface area contributed by atoms with Crippen LogP contribution in [-0.2, 0) is 30.9 Å². The van der Waals surface area contributed by atoms with E-state index in [0.29, 0.717) is 38.2 Å². The lowest BCUT2D eigenvalue weighted by atomic mass is 9.98. The molecule has 0 spiro atoms. The Hall–Kier alpha value is -2.13. The molecule has 26 heavy (non-hydrogen) atoms. The predicted molar refractivity (Wildman–Crippen MR) is 94.9 cm³/mol. The van der Waals surface area contributed by atoms with Crippen molar-refractivity contribution < 1.29 is 27.5 Å². The summed E-state index contributed by atoms with van der Waals surface area (Å²) in [4.78, 5) is 23.9. The third-order valence-electron chi connectivity index (χ3n) is 4.23. The molecule has 1 saturated heterocycles. The van der Waals surface area contributed by atoms with Gasteiger partial charge in [0.25, 0.3) is 5.91 Å². The molecule has 0 saturated carbocycles. The second-order valence-corrected chi connectivity index (χ2v) is 8.15. The number of piperidine rings is 1. The molecule has 8 nitrogen and oxygen atoms in total. The summed E-state index contributed by atoms with van der Waals surface area (Å²) < 4.78 is 34.4. The molecule has 0 radical (unpaired) electrons. The predicted octanol–water partition coefficient (Wildman–Crippen LogP) is 0.526. The number of esters is 1. The fourth-order valence-electron chi connectivity index (χ4n) is 2.71. The number of amides is 1. The standard InChI is InChI=1S/C17H24N2O6S/c1-24-15-5-3-4-13(10-15)11-18-16(20)12-25-17(21)14-6-8-19(9-7-14)26(2,22)23/h3-5,10,14H,6-9,11-12H2,1-2H3,(H,18,20). The molecule has 0 atom stereocenters. The van der Waals surface area contributed by atoms with E-state index >= 15 is 0 Å². The molecule has 1 aromatic carbocycles. The third kappa shape index (κ3) is 5.99. The molecule has 1 fully saturated rings. The van der Waals surface area contributed by atoms with Crippen molar-refractivity contribution >= 4 is 21.9 Å². The van der Waals surface area contributed by atoms with Gasteiger partial charge in [-0.25, -0.2) is 12.7 Å². The van der Waals surface area contributed by atoms with E-state index in [1.807, 2.05) is 24.3 Å². The quantitative estimate of drug-likeness (QED) is 0.688. The van der Waals surface area contributed by atoms with Crippen LogP contribution in [0.3, 0.4) is 0 Å². The van der Waals surface area contributed by atoms with Crippen LogP contribution in [0.25, 0.3) is 0 Å². The number of sulfonamides is 1. The molecule has 1 aromatic rings. The number of nitrogens with zero attached hydrogens (tertiary/aromatic N) is 1. The summed E-state index contributed by atoms with van der Waals surface area (Å²) in [5.74, 6) is -0.535. The van der Waals surface area contributed by atoms with E-state index in [1.165, 1.54) is 4.31 Å². The van der Waals surface area contributed by atoms with Crippen molar-refractivity contribution in [1.29, 1.82) is 0 Å². The summed E-state index contributed by atoms with van der Waals surface area (Å²) in [6, 6.07) is 7.29. The first-order valence-electron chi connectivity index (χ1n) is 8.31. The van der Waals surface area contributed by atoms with Crippen molar-refractivity contribution in [3.8, 4) is 5.75 Å². The highest BCUT2D eigenvalue weighted by atomic mass is 32.2. The number of carbonyl (C=O) groups is 2. The van der Waals surface area contributed by atoms with Crippen LogP contribution in [0.4, 0.5) is 0 Å². The van der Waals surface area contributed by atoms with E-state index in [0.717, 1.165) is 11.8 Å². The summed E-state index contributed by atoms with van der Waals surface area (Å²) in [6.07, 6.45) is 1.95. The molecule has 0 aromatic heterocycles. The van der Waals surface area contributed by atoms with Gasteiger partial charge in [-0.15, -0.1) is 0 Å². The van der Waals surface area contributed by atoms with Crippen molar-refractivity contribution in [2.75, 3.05) is 33.1 Å². The second-order valence-electron chi connectivity index (χ2n) is 6.17. The number of nitrogens with one attached hydrogen (secondary N) is 1. The summed E-state index contributed by atoms with van der Waals surface area (Å²) in [7, 11) is -1.66. The zero-order valence-corrected chi connectivity index (χ0v) is 15.8. The smallest absolute Gasteiger partial charge is 0.309 e. The highest BCUT2D eigenvalue weighted by Crippen LogP contribution is 2.20. The maximum atomic E-state index is 12.0. The van der Waals surface area contributed by atoms with Crippen LogP contribution >= 0.6 is 0 Å². The lowest BCUT2D eigenvalue weighted by molar-refractivity contribution is -0.153. The Balaban J connectivity index is 1.71. The number of carbonyl (C=O) groups excluding carboxylic acids is 2. The van der Waals surface area contributed by atoms with E-state index in [9.17, 15) is 18.0 Å². The van der Waals surface area contributed by atoms with E-state index in [-0.39, 0.29) is 12.5 Å². The van der Waals surface area contributed by atoms with Gasteiger partial charge in [0.15, 0.2) is 6.61 Å². The number of methoxy groups -OCH3 is 1. The molecule has 2 rings (SSSR count). The SMILES string of the molecule is COc1cccc(CNC(=O)COC(=O)C2CCN(S(C)(=O)=O)CC2)c1. The van der Waals surface area contributed by atoms with Crippen LogP contribution in [0.2, 0.25) is 0 Å². The number of ether oxygens (including phenoxy) is 2. The molecule has 1 amide bonds. The van der Waals surface area contributed by atoms with Gasteiger partial charge < -0.3 is 14.8 Å². The van der Waals surface area contributed by atoms with Crippen molar-refractivity contribution in [2.24, 2.45) is 5.92 Å². The number of benzene rings is 1. The Morgan fingerprint density at radius 2 is 1.96 bits per heavy atom. The molecule has 1 heterocycles. The normalized spacial score (nSPS) is 16.1. The van der Waals surface area contributed by atoms with Gasteiger partial charge in [0.2, 0.25) is 10.0 Å². The Morgan fingerprint density at radius 1 is 1.27 bits per heavy atom. The Kier molecular flexibility index (Phi) is 6.98. The second kappa shape index (κ2) is 9.00. The summed E-state index contributed by atoms with van der Waals surface area (Å²) in [6.45, 7) is 0.538. The van der Waals surface area contributed by atoms with Crippen LogP contribution in [0.5, 0.6) is 5.75 Å². The van der Waals surface area contributed by atoms with E-state index in [4.69, 9.17) is 9.47 Å². The minimum absolute atomic E-state index is 0.292. The Morgan fingerprint density at radius 3 is 2.58 bits per heavy atom. The van der Waals surface area contributed by atoms with Crippen LogP contribution in [0.15, 0.2) is 24.3 Å². The molecule has 1 aliphatic heterocycles. The number of rotatable bonds is 7. The van der Waals surface area contributed by atoms with E-state index < -0.39 is 21.9 Å². The molecular formula is C17H24N2O6S. The average Bonchev–Trinajstić information content (AvgIpc) is 2.64. The van der Waals surface area contributed by atoms with Crippen molar-refractivity contribution in [3.05, 3.63) is 29.8 Å². The van der Waals surface area contributed by atoms with Crippen molar-refractivity contribution in [2.45, 2.75) is 19.4 Å². The van der Waals surface area contributed by atoms with Crippen LogP contribution in [0, 0.1) is 5.92 Å². The van der Waals surface area contributed by atoms with Gasteiger partial charge in [-0.3, -0.25) is 9.59 Å². The lowest BCUT2D eigenvalue weighted by Gasteiger charge is -2.28. The van der Waals surface area contributed by atoms with Gasteiger partial charge in [-0.05, 0) is 30.5 Å². The van der Waals surface area contributed by atoms with Crippen molar-refractivity contribution in [3.63, 3.8) is 0 Å². The van der Waals surface area contributed by atoms with Gasteiger partial charge in [0.05, 0.1) is 19.3 Å². The Labute approximate surface area is 153 Å². The minimum atomic E-state index is -3.23. The average molecular weight is 384 g/mol. The van der Waals surface area contributed by atoms with Gasteiger partial charge in [-0.1, -0.05) is 12.1 Å². The summed E-state index contributed by atoms with van der Waals surface area (Å²) >= 11 is 0. The molecule has 0 bridgehead atoms. The van der Waals surface area contributed by atoms with Gasteiger partial charge in [0.1, 0.15) is 5.75 Å². The molecule has 1 aliphatic rings. The molecule has 1 N–H and O–H groups in total. The zero-order valence-electron chi connectivity index (χ0n) is 14.9. The first kappa shape index (κ1) is 20.2. The van der Waals surface area contributed by atoms with Crippen LogP contribution < -0.4 is 10.1 Å². The highest BCUT2D eigenvalue weighted by molar-refractivity contribution is 7.88. The fraction of sp³-hybridized carbons (Fsp3) is 0.529. The molecule has 9 heteroatoms. The molecule has 0 unspecified atom stereocenters. The molecular weight excluding hydrogens is 360 g/mol. The number of hydrogen-bond acceptors (Lipinski definition) is 6. The maximum Gasteiger partial charge on any atom is 0.309 e. The Bertz CT molecular complexity index is 741. The van der Waals surface area contributed by atoms with Crippen LogP contribution in [0.1, 0.15) is 18.4 Å². The van der Waals surface area contributed by atoms with E-state index in [1.54, 1.807) is 7.11 Å². The van der Waals surface area contributed by atoms with E-state index in [2.05, 4.69) is 5.32 Å². The third-order valence-corrected chi connectivity index (χ3v) is 5.53. The fourth-order valence-corrected chi connectivity index (χ4v) is 3.59. The van der Waals surface area contributed by atoms with Gasteiger partial charge in [-0.2, -0.15) is 0 Å². The topological polar surface area (TPSA) is 102 Å². The summed E-state index contributed by atoms with van der Waals surface area (Å²) in [5, 5.41) is 2.68. The largest absolute Gasteiger partial charge is 0.497 e. The van der Waals surface area contributed by atoms with Gasteiger partial charge in [0, 0.05) is 19.6 Å². The van der Waals surface area contributed by atoms with Crippen LogP contribution in [-0.4, -0.2) is 57.7 Å². The number of hydrogen-bond donors (Lipinski definition) is 1. The molecule has 144 valence electrons. The monoisotopic (exact) mass is 384 g/mol. The van der Waals surface area contributed by atoms with Gasteiger partial charge >= 0.3 is 5.97 Å². The molecule has 0 aliphatic carbocycles. The first-order valence-corrected chi connectivity index (χ1v) is 10.2. The zero-order chi connectivity index (χ0) is 19.2. The lowest BCUT2D eigenvalue weighted by Crippen LogP contribution is -2.40. The maximum absolute atomic E-state index is 12.0. The highest BCUT2D eigenvalue weighted by Gasteiger charge is 2.30. The summed E-state index contributed by atoms with van der Waals surface area (Å²) in [5.41, 5.74) is 0.872.